The molecule has 1 heterocycles. The Morgan fingerprint density at radius 3 is 2.57 bits per heavy atom. The SMILES string of the molecule is O=Cc1cn(-c2ccc(Cl)cc2)nc1-c1cccc(Br)c1. The summed E-state index contributed by atoms with van der Waals surface area (Å²) in [7, 11) is 0. The van der Waals surface area contributed by atoms with Crippen molar-refractivity contribution in [3.05, 3.63) is 69.8 Å². The molecule has 2 aromatic carbocycles. The van der Waals surface area contributed by atoms with Crippen LogP contribution in [0.5, 0.6) is 0 Å². The predicted octanol–water partition coefficient (Wildman–Crippen LogP) is 4.77. The molecule has 0 amide bonds. The van der Waals surface area contributed by atoms with Gasteiger partial charge in [-0.05, 0) is 36.4 Å². The summed E-state index contributed by atoms with van der Waals surface area (Å²) >= 11 is 9.31. The molecule has 0 aliphatic carbocycles. The van der Waals surface area contributed by atoms with Gasteiger partial charge in [0.05, 0.1) is 11.3 Å². The molecule has 3 aromatic rings. The molecule has 0 N–H and O–H groups in total. The number of halogens is 2. The molecule has 0 bridgehead atoms. The molecule has 0 radical (unpaired) electrons. The van der Waals surface area contributed by atoms with Crippen LogP contribution in [0.2, 0.25) is 5.02 Å². The molecular formula is C16H10BrClN2O. The van der Waals surface area contributed by atoms with Gasteiger partial charge in [0, 0.05) is 21.3 Å². The van der Waals surface area contributed by atoms with Gasteiger partial charge in [-0.25, -0.2) is 4.68 Å². The van der Waals surface area contributed by atoms with Crippen LogP contribution >= 0.6 is 27.5 Å². The number of hydrogen-bond donors (Lipinski definition) is 0. The van der Waals surface area contributed by atoms with E-state index < -0.39 is 0 Å². The van der Waals surface area contributed by atoms with E-state index in [4.69, 9.17) is 11.6 Å². The molecule has 0 unspecified atom stereocenters. The van der Waals surface area contributed by atoms with Crippen LogP contribution in [0.25, 0.3) is 16.9 Å². The van der Waals surface area contributed by atoms with Gasteiger partial charge in [-0.3, -0.25) is 4.79 Å². The van der Waals surface area contributed by atoms with Crippen LogP contribution in [0, 0.1) is 0 Å². The van der Waals surface area contributed by atoms with Crippen LogP contribution in [0.4, 0.5) is 0 Å². The summed E-state index contributed by atoms with van der Waals surface area (Å²) in [5.74, 6) is 0. The van der Waals surface area contributed by atoms with Crippen LogP contribution in [0.1, 0.15) is 10.4 Å². The summed E-state index contributed by atoms with van der Waals surface area (Å²) in [5.41, 5.74) is 2.94. The van der Waals surface area contributed by atoms with E-state index in [2.05, 4.69) is 21.0 Å². The van der Waals surface area contributed by atoms with Crippen molar-refractivity contribution in [2.24, 2.45) is 0 Å². The molecule has 0 aliphatic heterocycles. The Balaban J connectivity index is 2.10. The van der Waals surface area contributed by atoms with Crippen molar-refractivity contribution < 1.29 is 4.79 Å². The molecule has 0 saturated heterocycles. The molecule has 21 heavy (non-hydrogen) atoms. The third kappa shape index (κ3) is 2.91. The zero-order valence-electron chi connectivity index (χ0n) is 10.8. The number of nitrogens with zero attached hydrogens (tertiary/aromatic N) is 2. The minimum absolute atomic E-state index is 0.544. The Labute approximate surface area is 135 Å². The lowest BCUT2D eigenvalue weighted by Gasteiger charge is -2.01. The summed E-state index contributed by atoms with van der Waals surface area (Å²) in [6.45, 7) is 0. The number of aldehydes is 1. The summed E-state index contributed by atoms with van der Waals surface area (Å²) in [6.07, 6.45) is 2.53. The zero-order chi connectivity index (χ0) is 14.8. The topological polar surface area (TPSA) is 34.9 Å². The second-order valence-corrected chi connectivity index (χ2v) is 5.83. The second-order valence-electron chi connectivity index (χ2n) is 4.48. The zero-order valence-corrected chi connectivity index (χ0v) is 13.2. The molecule has 0 aliphatic rings. The van der Waals surface area contributed by atoms with E-state index in [0.717, 1.165) is 22.0 Å². The highest BCUT2D eigenvalue weighted by molar-refractivity contribution is 9.10. The van der Waals surface area contributed by atoms with Crippen molar-refractivity contribution in [1.29, 1.82) is 0 Å². The molecule has 104 valence electrons. The molecule has 0 saturated carbocycles. The third-order valence-corrected chi connectivity index (χ3v) is 3.80. The van der Waals surface area contributed by atoms with Gasteiger partial charge >= 0.3 is 0 Å². The number of hydrogen-bond acceptors (Lipinski definition) is 2. The number of carbonyl (C=O) groups excluding carboxylic acids is 1. The van der Waals surface area contributed by atoms with E-state index >= 15 is 0 Å². The summed E-state index contributed by atoms with van der Waals surface area (Å²) in [5, 5.41) is 5.17. The molecular weight excluding hydrogens is 352 g/mol. The lowest BCUT2D eigenvalue weighted by molar-refractivity contribution is 0.112. The first-order chi connectivity index (χ1) is 10.2. The average Bonchev–Trinajstić information content (AvgIpc) is 2.92. The second kappa shape index (κ2) is 5.84. The highest BCUT2D eigenvalue weighted by Gasteiger charge is 2.12. The van der Waals surface area contributed by atoms with E-state index in [1.807, 2.05) is 36.4 Å². The smallest absolute Gasteiger partial charge is 0.153 e. The summed E-state index contributed by atoms with van der Waals surface area (Å²) in [6, 6.07) is 15.0. The van der Waals surface area contributed by atoms with Gasteiger partial charge in [0.1, 0.15) is 5.69 Å². The Morgan fingerprint density at radius 1 is 1.14 bits per heavy atom. The number of benzene rings is 2. The van der Waals surface area contributed by atoms with Crippen molar-refractivity contribution in [2.45, 2.75) is 0 Å². The van der Waals surface area contributed by atoms with Crippen molar-refractivity contribution in [3.8, 4) is 16.9 Å². The molecule has 0 atom stereocenters. The Kier molecular flexibility index (Phi) is 3.90. The monoisotopic (exact) mass is 360 g/mol. The van der Waals surface area contributed by atoms with Crippen molar-refractivity contribution in [3.63, 3.8) is 0 Å². The maximum atomic E-state index is 11.3. The number of carbonyl (C=O) groups is 1. The maximum Gasteiger partial charge on any atom is 0.153 e. The minimum atomic E-state index is 0.544. The van der Waals surface area contributed by atoms with Crippen molar-refractivity contribution >= 4 is 33.8 Å². The predicted molar refractivity (Wildman–Crippen MR) is 87.1 cm³/mol. The Morgan fingerprint density at radius 2 is 1.90 bits per heavy atom. The highest BCUT2D eigenvalue weighted by Crippen LogP contribution is 2.25. The van der Waals surface area contributed by atoms with Gasteiger partial charge in [-0.2, -0.15) is 5.10 Å². The lowest BCUT2D eigenvalue weighted by atomic mass is 10.1. The van der Waals surface area contributed by atoms with Gasteiger partial charge < -0.3 is 0 Å². The molecule has 3 nitrogen and oxygen atoms in total. The third-order valence-electron chi connectivity index (χ3n) is 3.06. The highest BCUT2D eigenvalue weighted by atomic mass is 79.9. The Hall–Kier alpha value is -1.91. The lowest BCUT2D eigenvalue weighted by Crippen LogP contribution is -1.94. The van der Waals surface area contributed by atoms with Crippen LogP contribution < -0.4 is 0 Å². The van der Waals surface area contributed by atoms with Crippen LogP contribution in [0.15, 0.2) is 59.2 Å². The fourth-order valence-electron chi connectivity index (χ4n) is 2.06. The molecule has 0 fully saturated rings. The number of aromatic nitrogens is 2. The molecule has 0 spiro atoms. The van der Waals surface area contributed by atoms with Crippen molar-refractivity contribution in [2.75, 3.05) is 0 Å². The largest absolute Gasteiger partial charge is 0.298 e. The van der Waals surface area contributed by atoms with Crippen molar-refractivity contribution in [1.82, 2.24) is 9.78 Å². The van der Waals surface area contributed by atoms with Gasteiger partial charge in [-0.1, -0.05) is 39.7 Å². The van der Waals surface area contributed by atoms with Gasteiger partial charge in [-0.15, -0.1) is 0 Å². The van der Waals surface area contributed by atoms with Crippen LogP contribution in [0.3, 0.4) is 0 Å². The summed E-state index contributed by atoms with van der Waals surface area (Å²) in [4.78, 5) is 11.3. The first-order valence-electron chi connectivity index (χ1n) is 6.24. The molecule has 5 heteroatoms. The Bertz CT molecular complexity index is 796. The maximum absolute atomic E-state index is 11.3. The van der Waals surface area contributed by atoms with E-state index in [9.17, 15) is 4.79 Å². The van der Waals surface area contributed by atoms with Gasteiger partial charge in [0.15, 0.2) is 6.29 Å². The fourth-order valence-corrected chi connectivity index (χ4v) is 2.58. The van der Waals surface area contributed by atoms with Crippen LogP contribution in [-0.2, 0) is 0 Å². The minimum Gasteiger partial charge on any atom is -0.298 e. The first-order valence-corrected chi connectivity index (χ1v) is 7.41. The first kappa shape index (κ1) is 14.0. The summed E-state index contributed by atoms with van der Waals surface area (Å²) < 4.78 is 2.62. The van der Waals surface area contributed by atoms with E-state index in [1.54, 1.807) is 23.0 Å². The van der Waals surface area contributed by atoms with E-state index in [-0.39, 0.29) is 0 Å². The molecule has 3 rings (SSSR count). The van der Waals surface area contributed by atoms with Crippen LogP contribution in [-0.4, -0.2) is 16.1 Å². The molecule has 1 aromatic heterocycles. The fraction of sp³-hybridized carbons (Fsp3) is 0. The van der Waals surface area contributed by atoms with E-state index in [0.29, 0.717) is 16.3 Å². The normalized spacial score (nSPS) is 10.6. The quantitative estimate of drug-likeness (QED) is 0.630. The number of rotatable bonds is 3. The van der Waals surface area contributed by atoms with Gasteiger partial charge in [0.2, 0.25) is 0 Å². The van der Waals surface area contributed by atoms with E-state index in [1.165, 1.54) is 0 Å². The standard InChI is InChI=1S/C16H10BrClN2O/c17-13-3-1-2-11(8-13)16-12(10-21)9-20(19-16)15-6-4-14(18)5-7-15/h1-10H. The average molecular weight is 362 g/mol. The van der Waals surface area contributed by atoms with Gasteiger partial charge in [0.25, 0.3) is 0 Å².